The van der Waals surface area contributed by atoms with Gasteiger partial charge in [0.05, 0.1) is 17.7 Å². The number of nitrogens with zero attached hydrogens (tertiary/aromatic N) is 3. The maximum Gasteiger partial charge on any atom is 0.251 e. The van der Waals surface area contributed by atoms with E-state index in [0.717, 1.165) is 31.7 Å². The van der Waals surface area contributed by atoms with E-state index in [0.29, 0.717) is 23.9 Å². The standard InChI is InChI=1S/C22H24N4O2/c1-15(27)24-11-21-19-9-18(20-3-2-4-22(28)26(20)21)13-25(14-19)12-17-7-5-16(10-23)6-8-17/h2-8,18-19,21H,9,11-14H2,1H3,(H,24,27)/t18-,19+,21+/m1/s1. The number of amides is 1. The zero-order chi connectivity index (χ0) is 19.7. The van der Waals surface area contributed by atoms with Crippen molar-refractivity contribution in [2.45, 2.75) is 31.8 Å². The van der Waals surface area contributed by atoms with Crippen LogP contribution >= 0.6 is 0 Å². The van der Waals surface area contributed by atoms with Crippen LogP contribution in [-0.4, -0.2) is 35.0 Å². The number of carbonyl (C=O) groups is 1. The number of likely N-dealkylation sites (tertiary alicyclic amines) is 1. The number of hydrogen-bond donors (Lipinski definition) is 1. The van der Waals surface area contributed by atoms with Crippen molar-refractivity contribution in [3.05, 3.63) is 69.6 Å². The molecule has 1 aromatic heterocycles. The van der Waals surface area contributed by atoms with Crippen molar-refractivity contribution in [2.75, 3.05) is 19.6 Å². The molecule has 6 nitrogen and oxygen atoms in total. The van der Waals surface area contributed by atoms with Gasteiger partial charge in [0.15, 0.2) is 0 Å². The van der Waals surface area contributed by atoms with Crippen LogP contribution in [0.3, 0.4) is 0 Å². The van der Waals surface area contributed by atoms with E-state index in [1.807, 2.05) is 41.0 Å². The van der Waals surface area contributed by atoms with Crippen molar-refractivity contribution < 1.29 is 4.79 Å². The van der Waals surface area contributed by atoms with E-state index in [-0.39, 0.29) is 17.5 Å². The Labute approximate surface area is 164 Å². The van der Waals surface area contributed by atoms with E-state index in [4.69, 9.17) is 5.26 Å². The third kappa shape index (κ3) is 3.58. The molecule has 0 radical (unpaired) electrons. The molecular formula is C22H24N4O2. The molecule has 3 atom stereocenters. The Bertz CT molecular complexity index is 973. The molecule has 2 aliphatic heterocycles. The summed E-state index contributed by atoms with van der Waals surface area (Å²) in [6.07, 6.45) is 1.04. The summed E-state index contributed by atoms with van der Waals surface area (Å²) in [5.74, 6) is 0.564. The zero-order valence-electron chi connectivity index (χ0n) is 16.0. The minimum absolute atomic E-state index is 0.0168. The van der Waals surface area contributed by atoms with Crippen molar-refractivity contribution in [3.8, 4) is 6.07 Å². The quantitative estimate of drug-likeness (QED) is 0.886. The second-order valence-corrected chi connectivity index (χ2v) is 7.86. The number of rotatable bonds is 4. The molecule has 1 fully saturated rings. The lowest BCUT2D eigenvalue weighted by atomic mass is 9.78. The summed E-state index contributed by atoms with van der Waals surface area (Å²) in [4.78, 5) is 26.5. The van der Waals surface area contributed by atoms with Gasteiger partial charge in [-0.25, -0.2) is 0 Å². The average Bonchev–Trinajstić information content (AvgIpc) is 2.69. The third-order valence-electron chi connectivity index (χ3n) is 5.92. The number of nitriles is 1. The van der Waals surface area contributed by atoms with Gasteiger partial charge in [0.1, 0.15) is 0 Å². The van der Waals surface area contributed by atoms with E-state index in [1.54, 1.807) is 6.07 Å². The summed E-state index contributed by atoms with van der Waals surface area (Å²) in [6, 6.07) is 15.4. The number of benzene rings is 1. The molecule has 4 rings (SSSR count). The molecule has 1 amide bonds. The summed E-state index contributed by atoms with van der Waals surface area (Å²) in [7, 11) is 0. The highest BCUT2D eigenvalue weighted by molar-refractivity contribution is 5.72. The van der Waals surface area contributed by atoms with Crippen LogP contribution in [0.1, 0.15) is 42.1 Å². The Balaban J connectivity index is 1.60. The first kappa shape index (κ1) is 18.5. The first-order valence-corrected chi connectivity index (χ1v) is 9.72. The zero-order valence-corrected chi connectivity index (χ0v) is 16.0. The number of fused-ring (bicyclic) bond motifs is 4. The predicted molar refractivity (Wildman–Crippen MR) is 106 cm³/mol. The number of aromatic nitrogens is 1. The predicted octanol–water partition coefficient (Wildman–Crippen LogP) is 2.02. The Morgan fingerprint density at radius 1 is 1.21 bits per heavy atom. The Hall–Kier alpha value is -2.91. The molecule has 0 saturated carbocycles. The van der Waals surface area contributed by atoms with Crippen LogP contribution in [0.25, 0.3) is 0 Å². The van der Waals surface area contributed by atoms with Crippen molar-refractivity contribution in [2.24, 2.45) is 5.92 Å². The van der Waals surface area contributed by atoms with E-state index < -0.39 is 0 Å². The monoisotopic (exact) mass is 376 g/mol. The maximum absolute atomic E-state index is 12.6. The summed E-state index contributed by atoms with van der Waals surface area (Å²) >= 11 is 0. The van der Waals surface area contributed by atoms with Crippen LogP contribution in [0.4, 0.5) is 0 Å². The lowest BCUT2D eigenvalue weighted by Crippen LogP contribution is -2.51. The molecule has 0 aliphatic carbocycles. The average molecular weight is 376 g/mol. The lowest BCUT2D eigenvalue weighted by Gasteiger charge is -2.47. The van der Waals surface area contributed by atoms with Crippen LogP contribution in [0.2, 0.25) is 0 Å². The van der Waals surface area contributed by atoms with Gasteiger partial charge >= 0.3 is 0 Å². The van der Waals surface area contributed by atoms with E-state index >= 15 is 0 Å². The topological polar surface area (TPSA) is 78.1 Å². The first-order chi connectivity index (χ1) is 13.5. The number of nitrogens with one attached hydrogen (secondary N) is 1. The molecular weight excluding hydrogens is 352 g/mol. The molecule has 0 spiro atoms. The first-order valence-electron chi connectivity index (χ1n) is 9.72. The Morgan fingerprint density at radius 2 is 2.00 bits per heavy atom. The fourth-order valence-electron chi connectivity index (χ4n) is 4.72. The number of hydrogen-bond acceptors (Lipinski definition) is 4. The molecule has 1 N–H and O–H groups in total. The van der Waals surface area contributed by atoms with E-state index in [1.165, 1.54) is 12.5 Å². The van der Waals surface area contributed by atoms with E-state index in [2.05, 4.69) is 16.3 Å². The summed E-state index contributed by atoms with van der Waals surface area (Å²) in [5.41, 5.74) is 2.94. The molecule has 2 bridgehead atoms. The number of carbonyl (C=O) groups excluding carboxylic acids is 1. The molecule has 2 aromatic rings. The van der Waals surface area contributed by atoms with Crippen LogP contribution < -0.4 is 10.9 Å². The smallest absolute Gasteiger partial charge is 0.251 e. The largest absolute Gasteiger partial charge is 0.354 e. The highest BCUT2D eigenvalue weighted by Crippen LogP contribution is 2.41. The molecule has 6 heteroatoms. The minimum Gasteiger partial charge on any atom is -0.354 e. The van der Waals surface area contributed by atoms with Crippen molar-refractivity contribution in [1.29, 1.82) is 5.26 Å². The van der Waals surface area contributed by atoms with Crippen LogP contribution in [-0.2, 0) is 11.3 Å². The van der Waals surface area contributed by atoms with E-state index in [9.17, 15) is 9.59 Å². The van der Waals surface area contributed by atoms with Gasteiger partial charge in [-0.1, -0.05) is 18.2 Å². The Kier molecular flexibility index (Phi) is 5.01. The fourth-order valence-corrected chi connectivity index (χ4v) is 4.72. The minimum atomic E-state index is -0.0714. The summed E-state index contributed by atoms with van der Waals surface area (Å²) in [5, 5.41) is 11.9. The van der Waals surface area contributed by atoms with Gasteiger partial charge < -0.3 is 9.88 Å². The fraction of sp³-hybridized carbons (Fsp3) is 0.409. The summed E-state index contributed by atoms with van der Waals surface area (Å²) in [6.45, 7) is 4.61. The maximum atomic E-state index is 12.6. The van der Waals surface area contributed by atoms with Crippen molar-refractivity contribution in [3.63, 3.8) is 0 Å². The third-order valence-corrected chi connectivity index (χ3v) is 5.92. The van der Waals surface area contributed by atoms with Gasteiger partial charge in [0.25, 0.3) is 5.56 Å². The number of pyridine rings is 1. The lowest BCUT2D eigenvalue weighted by molar-refractivity contribution is -0.119. The molecule has 1 aromatic carbocycles. The molecule has 2 aliphatic rings. The Morgan fingerprint density at radius 3 is 2.71 bits per heavy atom. The van der Waals surface area contributed by atoms with Crippen LogP contribution in [0.5, 0.6) is 0 Å². The van der Waals surface area contributed by atoms with Crippen molar-refractivity contribution in [1.82, 2.24) is 14.8 Å². The van der Waals surface area contributed by atoms with Gasteiger partial charge in [-0.05, 0) is 36.1 Å². The highest BCUT2D eigenvalue weighted by atomic mass is 16.1. The summed E-state index contributed by atoms with van der Waals surface area (Å²) < 4.78 is 1.91. The second kappa shape index (κ2) is 7.61. The van der Waals surface area contributed by atoms with Gasteiger partial charge in [-0.3, -0.25) is 14.5 Å². The molecule has 1 saturated heterocycles. The molecule has 144 valence electrons. The molecule has 0 unspecified atom stereocenters. The van der Waals surface area contributed by atoms with Crippen molar-refractivity contribution >= 4 is 5.91 Å². The number of piperidine rings is 1. The van der Waals surface area contributed by atoms with Gasteiger partial charge in [0.2, 0.25) is 5.91 Å². The highest BCUT2D eigenvalue weighted by Gasteiger charge is 2.40. The van der Waals surface area contributed by atoms with Gasteiger partial charge in [-0.2, -0.15) is 5.26 Å². The van der Waals surface area contributed by atoms with Gasteiger partial charge in [-0.15, -0.1) is 0 Å². The van der Waals surface area contributed by atoms with Crippen LogP contribution in [0, 0.1) is 17.2 Å². The SMILES string of the molecule is CC(=O)NC[C@H]1[C@H]2C[C@H](CN(Cc3ccc(C#N)cc3)C2)c2cccc(=O)n21. The van der Waals surface area contributed by atoms with Gasteiger partial charge in [0, 0.05) is 50.8 Å². The second-order valence-electron chi connectivity index (χ2n) is 7.86. The van der Waals surface area contributed by atoms with Crippen LogP contribution in [0.15, 0.2) is 47.3 Å². The molecule has 28 heavy (non-hydrogen) atoms. The molecule has 3 heterocycles. The normalized spacial score (nSPS) is 23.5.